The van der Waals surface area contributed by atoms with Gasteiger partial charge in [-0.05, 0) is 13.3 Å². The van der Waals surface area contributed by atoms with Gasteiger partial charge in [0.1, 0.15) is 5.76 Å². The van der Waals surface area contributed by atoms with E-state index in [4.69, 9.17) is 9.26 Å². The molecule has 1 unspecified atom stereocenters. The summed E-state index contributed by atoms with van der Waals surface area (Å²) in [5.41, 5.74) is 0.293. The van der Waals surface area contributed by atoms with Crippen molar-refractivity contribution in [3.8, 4) is 0 Å². The molecule has 0 bridgehead atoms. The average Bonchev–Trinajstić information content (AvgIpc) is 3.04. The van der Waals surface area contributed by atoms with Crippen LogP contribution < -0.4 is 5.32 Å². The van der Waals surface area contributed by atoms with Crippen LogP contribution in [-0.2, 0) is 16.6 Å². The number of amides is 1. The molecular weight excluding hydrogens is 276 g/mol. The Morgan fingerprint density at radius 3 is 2.81 bits per heavy atom. The highest BCUT2D eigenvalue weighted by molar-refractivity contribution is 5.96. The van der Waals surface area contributed by atoms with Gasteiger partial charge in [0, 0.05) is 19.3 Å². The highest BCUT2D eigenvalue weighted by Gasteiger charge is 2.23. The van der Waals surface area contributed by atoms with E-state index in [9.17, 15) is 9.59 Å². The molecular formula is C13H16N4O4. The summed E-state index contributed by atoms with van der Waals surface area (Å²) in [7, 11) is 1.69. The summed E-state index contributed by atoms with van der Waals surface area (Å²) < 4.78 is 11.5. The lowest BCUT2D eigenvalue weighted by atomic mass is 10.2. The predicted octanol–water partition coefficient (Wildman–Crippen LogP) is 1.29. The normalized spacial score (nSPS) is 12.0. The van der Waals surface area contributed by atoms with E-state index in [1.807, 2.05) is 0 Å². The second-order valence-corrected chi connectivity index (χ2v) is 4.52. The van der Waals surface area contributed by atoms with Crippen molar-refractivity contribution in [2.75, 3.05) is 5.32 Å². The topological polar surface area (TPSA) is 99.2 Å². The molecule has 8 nitrogen and oxygen atoms in total. The molecule has 0 saturated heterocycles. The van der Waals surface area contributed by atoms with Crippen molar-refractivity contribution >= 4 is 17.7 Å². The number of carbonyl (C=O) groups is 2. The Morgan fingerprint density at radius 1 is 1.52 bits per heavy atom. The molecule has 2 heterocycles. The van der Waals surface area contributed by atoms with Crippen molar-refractivity contribution in [1.29, 1.82) is 0 Å². The molecule has 1 atom stereocenters. The van der Waals surface area contributed by atoms with Crippen molar-refractivity contribution < 1.29 is 18.8 Å². The third-order valence-corrected chi connectivity index (χ3v) is 2.73. The van der Waals surface area contributed by atoms with Gasteiger partial charge in [0.2, 0.25) is 0 Å². The first-order valence-electron chi connectivity index (χ1n) is 6.43. The van der Waals surface area contributed by atoms with Crippen molar-refractivity contribution in [2.24, 2.45) is 7.05 Å². The lowest BCUT2D eigenvalue weighted by molar-refractivity contribution is -0.124. The molecule has 0 spiro atoms. The standard InChI is InChI=1S/C13H16N4O4/c1-4-10(12(18)15-11-5-8(2)21-16-11)20-13(19)9-6-14-17(3)7-9/h5-7,10H,4H2,1-3H3,(H,15,16,18). The minimum absolute atomic E-state index is 0.286. The van der Waals surface area contributed by atoms with Crippen molar-refractivity contribution in [3.63, 3.8) is 0 Å². The summed E-state index contributed by atoms with van der Waals surface area (Å²) in [4.78, 5) is 23.9. The zero-order valence-electron chi connectivity index (χ0n) is 12.0. The van der Waals surface area contributed by atoms with E-state index < -0.39 is 18.0 Å². The van der Waals surface area contributed by atoms with Crippen LogP contribution in [0.4, 0.5) is 5.82 Å². The molecule has 0 saturated carbocycles. The molecule has 1 N–H and O–H groups in total. The lowest BCUT2D eigenvalue weighted by Crippen LogP contribution is -2.32. The molecule has 0 radical (unpaired) electrons. The smallest absolute Gasteiger partial charge is 0.342 e. The maximum atomic E-state index is 12.0. The third-order valence-electron chi connectivity index (χ3n) is 2.73. The highest BCUT2D eigenvalue weighted by atomic mass is 16.5. The predicted molar refractivity (Wildman–Crippen MR) is 72.6 cm³/mol. The Morgan fingerprint density at radius 2 is 2.29 bits per heavy atom. The van der Waals surface area contributed by atoms with Crippen LogP contribution in [-0.4, -0.2) is 32.9 Å². The first-order valence-corrected chi connectivity index (χ1v) is 6.43. The van der Waals surface area contributed by atoms with Gasteiger partial charge in [-0.15, -0.1) is 0 Å². The van der Waals surface area contributed by atoms with Crippen LogP contribution in [0.1, 0.15) is 29.5 Å². The Hall–Kier alpha value is -2.64. The Kier molecular flexibility index (Phi) is 4.36. The summed E-state index contributed by atoms with van der Waals surface area (Å²) >= 11 is 0. The van der Waals surface area contributed by atoms with Gasteiger partial charge >= 0.3 is 5.97 Å². The molecule has 0 aliphatic rings. The van der Waals surface area contributed by atoms with Crippen LogP contribution in [0.5, 0.6) is 0 Å². The molecule has 21 heavy (non-hydrogen) atoms. The van der Waals surface area contributed by atoms with E-state index in [0.29, 0.717) is 17.7 Å². The fraction of sp³-hybridized carbons (Fsp3) is 0.385. The van der Waals surface area contributed by atoms with Crippen LogP contribution >= 0.6 is 0 Å². The molecule has 8 heteroatoms. The zero-order valence-corrected chi connectivity index (χ0v) is 12.0. The second kappa shape index (κ2) is 6.21. The number of esters is 1. The first-order chi connectivity index (χ1) is 9.99. The van der Waals surface area contributed by atoms with Gasteiger partial charge in [0.15, 0.2) is 11.9 Å². The number of aromatic nitrogens is 3. The number of rotatable bonds is 5. The van der Waals surface area contributed by atoms with Crippen molar-refractivity contribution in [1.82, 2.24) is 14.9 Å². The molecule has 112 valence electrons. The lowest BCUT2D eigenvalue weighted by Gasteiger charge is -2.14. The summed E-state index contributed by atoms with van der Waals surface area (Å²) in [5, 5.41) is 10.1. The van der Waals surface area contributed by atoms with Gasteiger partial charge in [0.25, 0.3) is 5.91 Å². The molecule has 0 aliphatic heterocycles. The molecule has 2 rings (SSSR count). The summed E-state index contributed by atoms with van der Waals surface area (Å²) in [6.45, 7) is 3.46. The number of aryl methyl sites for hydroxylation is 2. The monoisotopic (exact) mass is 292 g/mol. The Bertz CT molecular complexity index is 646. The highest BCUT2D eigenvalue weighted by Crippen LogP contribution is 2.11. The SMILES string of the molecule is CCC(OC(=O)c1cnn(C)c1)C(=O)Nc1cc(C)on1. The van der Waals surface area contributed by atoms with Crippen molar-refractivity contribution in [2.45, 2.75) is 26.4 Å². The Balaban J connectivity index is 1.98. The number of nitrogens with one attached hydrogen (secondary N) is 1. The van der Waals surface area contributed by atoms with Gasteiger partial charge in [0.05, 0.1) is 11.8 Å². The summed E-state index contributed by atoms with van der Waals surface area (Å²) in [6.07, 6.45) is 2.34. The van der Waals surface area contributed by atoms with E-state index in [1.54, 1.807) is 27.0 Å². The van der Waals surface area contributed by atoms with Gasteiger partial charge in [-0.1, -0.05) is 12.1 Å². The van der Waals surface area contributed by atoms with Crippen molar-refractivity contribution in [3.05, 3.63) is 29.8 Å². The quantitative estimate of drug-likeness (QED) is 0.834. The van der Waals surface area contributed by atoms with E-state index in [1.165, 1.54) is 17.1 Å². The number of anilines is 1. The Labute approximate surface area is 121 Å². The van der Waals surface area contributed by atoms with Gasteiger partial charge in [-0.3, -0.25) is 9.48 Å². The average molecular weight is 292 g/mol. The molecule has 0 fully saturated rings. The number of hydrogen-bond donors (Lipinski definition) is 1. The van der Waals surface area contributed by atoms with E-state index in [2.05, 4.69) is 15.6 Å². The molecule has 0 aliphatic carbocycles. The fourth-order valence-corrected chi connectivity index (χ4v) is 1.68. The van der Waals surface area contributed by atoms with E-state index in [-0.39, 0.29) is 5.82 Å². The minimum Gasteiger partial charge on any atom is -0.449 e. The molecule has 2 aromatic rings. The number of carbonyl (C=O) groups excluding carboxylic acids is 2. The zero-order chi connectivity index (χ0) is 15.4. The molecule has 2 aromatic heterocycles. The number of ether oxygens (including phenoxy) is 1. The largest absolute Gasteiger partial charge is 0.449 e. The third kappa shape index (κ3) is 3.68. The van der Waals surface area contributed by atoms with Crippen LogP contribution in [0.15, 0.2) is 23.0 Å². The van der Waals surface area contributed by atoms with Crippen LogP contribution in [0.2, 0.25) is 0 Å². The summed E-state index contributed by atoms with van der Waals surface area (Å²) in [5.74, 6) is -0.191. The number of nitrogens with zero attached hydrogens (tertiary/aromatic N) is 3. The van der Waals surface area contributed by atoms with Crippen LogP contribution in [0.25, 0.3) is 0 Å². The van der Waals surface area contributed by atoms with Crippen LogP contribution in [0, 0.1) is 6.92 Å². The maximum Gasteiger partial charge on any atom is 0.342 e. The number of hydrogen-bond acceptors (Lipinski definition) is 6. The summed E-state index contributed by atoms with van der Waals surface area (Å²) in [6, 6.07) is 1.58. The van der Waals surface area contributed by atoms with Gasteiger partial charge in [-0.2, -0.15) is 5.10 Å². The maximum absolute atomic E-state index is 12.0. The minimum atomic E-state index is -0.908. The van der Waals surface area contributed by atoms with Crippen LogP contribution in [0.3, 0.4) is 0 Å². The van der Waals surface area contributed by atoms with Gasteiger partial charge < -0.3 is 14.6 Å². The molecule has 0 aromatic carbocycles. The molecule has 1 amide bonds. The fourth-order valence-electron chi connectivity index (χ4n) is 1.68. The second-order valence-electron chi connectivity index (χ2n) is 4.52. The van der Waals surface area contributed by atoms with E-state index in [0.717, 1.165) is 0 Å². The van der Waals surface area contributed by atoms with E-state index >= 15 is 0 Å². The van der Waals surface area contributed by atoms with Gasteiger partial charge in [-0.25, -0.2) is 4.79 Å². The first kappa shape index (κ1) is 14.8.